The lowest BCUT2D eigenvalue weighted by molar-refractivity contribution is 1.10. The maximum absolute atomic E-state index is 4.36. The van der Waals surface area contributed by atoms with Crippen LogP contribution in [0.1, 0.15) is 16.3 Å². The van der Waals surface area contributed by atoms with Gasteiger partial charge < -0.3 is 0 Å². The Morgan fingerprint density at radius 2 is 2.00 bits per heavy atom. The summed E-state index contributed by atoms with van der Waals surface area (Å²) < 4.78 is 0. The summed E-state index contributed by atoms with van der Waals surface area (Å²) in [6, 6.07) is 0. The molecule has 0 aromatic carbocycles. The zero-order chi connectivity index (χ0) is 8.72. The average Bonchev–Trinajstić information content (AvgIpc) is 2.28. The molecule has 0 aliphatic rings. The molecular formula is C9H10N2S. The molecule has 0 N–H and O–H groups in total. The minimum Gasteiger partial charge on any atom is -0.241 e. The number of hydrogen-bond donors (Lipinski definition) is 0. The van der Waals surface area contributed by atoms with Crippen molar-refractivity contribution in [3.63, 3.8) is 0 Å². The molecule has 12 heavy (non-hydrogen) atoms. The molecule has 2 heterocycles. The van der Waals surface area contributed by atoms with Gasteiger partial charge in [0.05, 0.1) is 0 Å². The Hall–Kier alpha value is -0.960. The SMILES string of the molecule is Cc1ncc2c(C)c(C)sc2n1. The number of aromatic nitrogens is 2. The van der Waals surface area contributed by atoms with Gasteiger partial charge in [-0.3, -0.25) is 0 Å². The Labute approximate surface area is 75.3 Å². The smallest absolute Gasteiger partial charge is 0.127 e. The molecule has 0 saturated carbocycles. The molecule has 2 aromatic heterocycles. The van der Waals surface area contributed by atoms with Crippen molar-refractivity contribution >= 4 is 21.6 Å². The van der Waals surface area contributed by atoms with Gasteiger partial charge in [0.2, 0.25) is 0 Å². The normalized spacial score (nSPS) is 10.9. The summed E-state index contributed by atoms with van der Waals surface area (Å²) in [6.45, 7) is 6.16. The molecule has 2 rings (SSSR count). The third kappa shape index (κ3) is 1.01. The molecule has 0 amide bonds. The summed E-state index contributed by atoms with van der Waals surface area (Å²) in [5.74, 6) is 0.851. The van der Waals surface area contributed by atoms with Crippen molar-refractivity contribution in [3.8, 4) is 0 Å². The van der Waals surface area contributed by atoms with E-state index in [1.165, 1.54) is 15.8 Å². The number of hydrogen-bond acceptors (Lipinski definition) is 3. The van der Waals surface area contributed by atoms with Crippen LogP contribution in [-0.4, -0.2) is 9.97 Å². The second kappa shape index (κ2) is 2.52. The fraction of sp³-hybridized carbons (Fsp3) is 0.333. The van der Waals surface area contributed by atoms with Crippen LogP contribution in [0.5, 0.6) is 0 Å². The molecular weight excluding hydrogens is 168 g/mol. The van der Waals surface area contributed by atoms with E-state index >= 15 is 0 Å². The predicted octanol–water partition coefficient (Wildman–Crippen LogP) is 2.62. The number of aryl methyl sites for hydroxylation is 3. The highest BCUT2D eigenvalue weighted by Gasteiger charge is 2.05. The van der Waals surface area contributed by atoms with Gasteiger partial charge in [0.15, 0.2) is 0 Å². The maximum atomic E-state index is 4.36. The summed E-state index contributed by atoms with van der Waals surface area (Å²) >= 11 is 1.74. The first kappa shape index (κ1) is 7.68. The van der Waals surface area contributed by atoms with Crippen molar-refractivity contribution in [2.24, 2.45) is 0 Å². The van der Waals surface area contributed by atoms with Crippen LogP contribution in [0.15, 0.2) is 6.20 Å². The minimum absolute atomic E-state index is 0.851. The van der Waals surface area contributed by atoms with Gasteiger partial charge >= 0.3 is 0 Å². The second-order valence-corrected chi connectivity index (χ2v) is 4.12. The first-order chi connectivity index (χ1) is 5.68. The van der Waals surface area contributed by atoms with Crippen molar-refractivity contribution < 1.29 is 0 Å². The lowest BCUT2D eigenvalue weighted by Gasteiger charge is -1.91. The highest BCUT2D eigenvalue weighted by molar-refractivity contribution is 7.18. The van der Waals surface area contributed by atoms with E-state index in [1.54, 1.807) is 11.3 Å². The van der Waals surface area contributed by atoms with E-state index in [1.807, 2.05) is 13.1 Å². The summed E-state index contributed by atoms with van der Waals surface area (Å²) in [7, 11) is 0. The van der Waals surface area contributed by atoms with Crippen LogP contribution in [0.2, 0.25) is 0 Å². The summed E-state index contributed by atoms with van der Waals surface area (Å²) in [6.07, 6.45) is 1.91. The fourth-order valence-corrected chi connectivity index (χ4v) is 2.24. The van der Waals surface area contributed by atoms with Crippen LogP contribution >= 0.6 is 11.3 Å². The van der Waals surface area contributed by atoms with Crippen molar-refractivity contribution in [2.45, 2.75) is 20.8 Å². The van der Waals surface area contributed by atoms with Crippen LogP contribution in [-0.2, 0) is 0 Å². The number of thiophene rings is 1. The molecule has 2 nitrogen and oxygen atoms in total. The van der Waals surface area contributed by atoms with Gasteiger partial charge in [-0.15, -0.1) is 11.3 Å². The van der Waals surface area contributed by atoms with Gasteiger partial charge in [-0.05, 0) is 26.3 Å². The van der Waals surface area contributed by atoms with E-state index in [0.29, 0.717) is 0 Å². The monoisotopic (exact) mass is 178 g/mol. The van der Waals surface area contributed by atoms with Crippen LogP contribution in [0.25, 0.3) is 10.2 Å². The molecule has 0 bridgehead atoms. The Kier molecular flexibility index (Phi) is 1.61. The molecule has 3 heteroatoms. The van der Waals surface area contributed by atoms with Gasteiger partial charge in [0.1, 0.15) is 10.7 Å². The molecule has 0 radical (unpaired) electrons. The third-order valence-corrected chi connectivity index (χ3v) is 3.17. The van der Waals surface area contributed by atoms with Crippen molar-refractivity contribution in [1.82, 2.24) is 9.97 Å². The minimum atomic E-state index is 0.851. The number of rotatable bonds is 0. The Morgan fingerprint density at radius 1 is 1.25 bits per heavy atom. The van der Waals surface area contributed by atoms with E-state index in [9.17, 15) is 0 Å². The molecule has 62 valence electrons. The molecule has 2 aromatic rings. The van der Waals surface area contributed by atoms with Gasteiger partial charge in [-0.25, -0.2) is 9.97 Å². The summed E-state index contributed by atoms with van der Waals surface area (Å²) in [4.78, 5) is 11.0. The number of nitrogens with zero attached hydrogens (tertiary/aromatic N) is 2. The van der Waals surface area contributed by atoms with Crippen LogP contribution in [0, 0.1) is 20.8 Å². The highest BCUT2D eigenvalue weighted by atomic mass is 32.1. The largest absolute Gasteiger partial charge is 0.241 e. The van der Waals surface area contributed by atoms with E-state index < -0.39 is 0 Å². The fourth-order valence-electron chi connectivity index (χ4n) is 1.20. The molecule has 0 fully saturated rings. The maximum Gasteiger partial charge on any atom is 0.127 e. The van der Waals surface area contributed by atoms with E-state index in [4.69, 9.17) is 0 Å². The zero-order valence-electron chi connectivity index (χ0n) is 7.38. The molecule has 0 saturated heterocycles. The van der Waals surface area contributed by atoms with Gasteiger partial charge in [-0.2, -0.15) is 0 Å². The van der Waals surface area contributed by atoms with Crippen molar-refractivity contribution in [3.05, 3.63) is 22.5 Å². The van der Waals surface area contributed by atoms with E-state index in [-0.39, 0.29) is 0 Å². The Bertz CT molecular complexity index is 431. The van der Waals surface area contributed by atoms with Gasteiger partial charge in [-0.1, -0.05) is 0 Å². The standard InChI is InChI=1S/C9H10N2S/c1-5-6(2)12-9-8(5)4-10-7(3)11-9/h4H,1-3H3. The number of fused-ring (bicyclic) bond motifs is 1. The average molecular weight is 178 g/mol. The van der Waals surface area contributed by atoms with Crippen LogP contribution < -0.4 is 0 Å². The zero-order valence-corrected chi connectivity index (χ0v) is 8.20. The van der Waals surface area contributed by atoms with E-state index in [2.05, 4.69) is 23.8 Å². The van der Waals surface area contributed by atoms with Gasteiger partial charge in [0.25, 0.3) is 0 Å². The lowest BCUT2D eigenvalue weighted by Crippen LogP contribution is -1.84. The predicted molar refractivity (Wildman–Crippen MR) is 51.6 cm³/mol. The van der Waals surface area contributed by atoms with Crippen LogP contribution in [0.3, 0.4) is 0 Å². The van der Waals surface area contributed by atoms with Crippen molar-refractivity contribution in [1.29, 1.82) is 0 Å². The molecule has 0 spiro atoms. The highest BCUT2D eigenvalue weighted by Crippen LogP contribution is 2.27. The molecule has 0 aliphatic heterocycles. The molecule has 0 atom stereocenters. The quantitative estimate of drug-likeness (QED) is 0.619. The summed E-state index contributed by atoms with van der Waals surface area (Å²) in [5, 5.41) is 1.20. The first-order valence-electron chi connectivity index (χ1n) is 3.88. The third-order valence-electron chi connectivity index (χ3n) is 2.06. The van der Waals surface area contributed by atoms with Crippen LogP contribution in [0.4, 0.5) is 0 Å². The van der Waals surface area contributed by atoms with E-state index in [0.717, 1.165) is 10.7 Å². The second-order valence-electron chi connectivity index (χ2n) is 2.92. The Morgan fingerprint density at radius 3 is 2.75 bits per heavy atom. The lowest BCUT2D eigenvalue weighted by atomic mass is 10.2. The topological polar surface area (TPSA) is 25.8 Å². The Balaban J connectivity index is 2.87. The molecule has 0 aliphatic carbocycles. The first-order valence-corrected chi connectivity index (χ1v) is 4.69. The summed E-state index contributed by atoms with van der Waals surface area (Å²) in [5.41, 5.74) is 1.31. The van der Waals surface area contributed by atoms with Crippen molar-refractivity contribution in [2.75, 3.05) is 0 Å². The van der Waals surface area contributed by atoms with Gasteiger partial charge in [0, 0.05) is 16.5 Å². The molecule has 0 unspecified atom stereocenters.